The molecular formula is C16H22N2O3. The number of anilines is 1. The van der Waals surface area contributed by atoms with Gasteiger partial charge in [0.1, 0.15) is 0 Å². The highest BCUT2D eigenvalue weighted by Gasteiger charge is 2.27. The Balaban J connectivity index is 1.82. The van der Waals surface area contributed by atoms with Gasteiger partial charge in [0.25, 0.3) is 0 Å². The molecule has 0 radical (unpaired) electrons. The summed E-state index contributed by atoms with van der Waals surface area (Å²) >= 11 is 0. The third-order valence-corrected chi connectivity index (χ3v) is 3.55. The van der Waals surface area contributed by atoms with Gasteiger partial charge in [0.15, 0.2) is 0 Å². The summed E-state index contributed by atoms with van der Waals surface area (Å²) < 4.78 is 5.06. The maximum atomic E-state index is 12.0. The second kappa shape index (κ2) is 7.78. The highest BCUT2D eigenvalue weighted by atomic mass is 16.5. The van der Waals surface area contributed by atoms with Crippen molar-refractivity contribution in [1.29, 1.82) is 0 Å². The zero-order valence-corrected chi connectivity index (χ0v) is 12.4. The Labute approximate surface area is 125 Å². The normalized spacial score (nSPS) is 19.0. The molecule has 1 aliphatic heterocycles. The lowest BCUT2D eigenvalue weighted by Crippen LogP contribution is -2.43. The van der Waals surface area contributed by atoms with Gasteiger partial charge in [-0.3, -0.25) is 14.5 Å². The van der Waals surface area contributed by atoms with Crippen molar-refractivity contribution >= 4 is 17.6 Å². The lowest BCUT2D eigenvalue weighted by molar-refractivity contribution is -0.150. The number of hydrogen-bond donors (Lipinski definition) is 1. The molecule has 0 saturated carbocycles. The van der Waals surface area contributed by atoms with Crippen LogP contribution >= 0.6 is 0 Å². The molecule has 1 amide bonds. The van der Waals surface area contributed by atoms with Crippen LogP contribution < -0.4 is 5.32 Å². The third-order valence-electron chi connectivity index (χ3n) is 3.55. The van der Waals surface area contributed by atoms with E-state index in [2.05, 4.69) is 5.32 Å². The molecule has 0 aromatic heterocycles. The van der Waals surface area contributed by atoms with Crippen LogP contribution in [0.5, 0.6) is 0 Å². The number of rotatable bonds is 5. The van der Waals surface area contributed by atoms with Crippen LogP contribution in [0.4, 0.5) is 5.69 Å². The molecule has 0 bridgehead atoms. The van der Waals surface area contributed by atoms with E-state index in [1.54, 1.807) is 0 Å². The summed E-state index contributed by atoms with van der Waals surface area (Å²) in [4.78, 5) is 25.8. The van der Waals surface area contributed by atoms with Crippen LogP contribution in [0.3, 0.4) is 0 Å². The number of amides is 1. The van der Waals surface area contributed by atoms with Crippen molar-refractivity contribution < 1.29 is 14.3 Å². The van der Waals surface area contributed by atoms with Gasteiger partial charge < -0.3 is 10.1 Å². The quantitative estimate of drug-likeness (QED) is 0.842. The van der Waals surface area contributed by atoms with Crippen LogP contribution in [-0.2, 0) is 14.3 Å². The van der Waals surface area contributed by atoms with Gasteiger partial charge in [0.05, 0.1) is 19.1 Å². The van der Waals surface area contributed by atoms with Crippen molar-refractivity contribution in [2.45, 2.75) is 19.8 Å². The summed E-state index contributed by atoms with van der Waals surface area (Å²) in [6, 6.07) is 9.38. The highest BCUT2D eigenvalue weighted by molar-refractivity contribution is 5.92. The van der Waals surface area contributed by atoms with E-state index in [1.807, 2.05) is 42.2 Å². The highest BCUT2D eigenvalue weighted by Crippen LogP contribution is 2.18. The molecule has 1 fully saturated rings. The van der Waals surface area contributed by atoms with E-state index >= 15 is 0 Å². The molecule has 0 unspecified atom stereocenters. The topological polar surface area (TPSA) is 58.6 Å². The summed E-state index contributed by atoms with van der Waals surface area (Å²) in [5, 5.41) is 2.86. The minimum Gasteiger partial charge on any atom is -0.466 e. The number of ether oxygens (including phenoxy) is 1. The zero-order chi connectivity index (χ0) is 15.1. The Morgan fingerprint density at radius 1 is 1.33 bits per heavy atom. The van der Waals surface area contributed by atoms with Crippen LogP contribution in [0.15, 0.2) is 30.3 Å². The molecule has 0 aliphatic carbocycles. The molecule has 1 aromatic carbocycles. The fourth-order valence-corrected chi connectivity index (χ4v) is 2.58. The minimum absolute atomic E-state index is 0.0503. The van der Waals surface area contributed by atoms with Crippen molar-refractivity contribution in [3.8, 4) is 0 Å². The first-order chi connectivity index (χ1) is 10.2. The maximum Gasteiger partial charge on any atom is 0.310 e. The van der Waals surface area contributed by atoms with E-state index in [-0.39, 0.29) is 17.8 Å². The Bertz CT molecular complexity index is 476. The molecule has 21 heavy (non-hydrogen) atoms. The molecule has 2 rings (SSSR count). The smallest absolute Gasteiger partial charge is 0.310 e. The molecule has 1 heterocycles. The van der Waals surface area contributed by atoms with E-state index in [1.165, 1.54) is 0 Å². The van der Waals surface area contributed by atoms with Crippen LogP contribution in [0, 0.1) is 5.92 Å². The Kier molecular flexibility index (Phi) is 5.75. The maximum absolute atomic E-state index is 12.0. The molecule has 1 aromatic rings. The van der Waals surface area contributed by atoms with Gasteiger partial charge in [-0.05, 0) is 38.4 Å². The lowest BCUT2D eigenvalue weighted by Gasteiger charge is -2.30. The molecule has 1 atom stereocenters. The van der Waals surface area contributed by atoms with E-state index in [9.17, 15) is 9.59 Å². The lowest BCUT2D eigenvalue weighted by atomic mass is 9.98. The van der Waals surface area contributed by atoms with Crippen molar-refractivity contribution in [1.82, 2.24) is 4.90 Å². The number of carbonyl (C=O) groups excluding carboxylic acids is 2. The SMILES string of the molecule is CCOC(=O)[C@H]1CCCN(CC(=O)Nc2ccccc2)C1. The van der Waals surface area contributed by atoms with Crippen LogP contribution in [0.25, 0.3) is 0 Å². The van der Waals surface area contributed by atoms with Gasteiger partial charge in [0.2, 0.25) is 5.91 Å². The number of benzene rings is 1. The van der Waals surface area contributed by atoms with Crippen molar-refractivity contribution in [2.24, 2.45) is 5.92 Å². The van der Waals surface area contributed by atoms with E-state index < -0.39 is 0 Å². The van der Waals surface area contributed by atoms with Gasteiger partial charge in [0, 0.05) is 12.2 Å². The van der Waals surface area contributed by atoms with E-state index in [0.29, 0.717) is 19.7 Å². The largest absolute Gasteiger partial charge is 0.466 e. The van der Waals surface area contributed by atoms with Crippen molar-refractivity contribution in [2.75, 3.05) is 31.6 Å². The number of nitrogens with one attached hydrogen (secondary N) is 1. The van der Waals surface area contributed by atoms with Crippen molar-refractivity contribution in [3.05, 3.63) is 30.3 Å². The van der Waals surface area contributed by atoms with Gasteiger partial charge in [-0.2, -0.15) is 0 Å². The summed E-state index contributed by atoms with van der Waals surface area (Å²) in [5.41, 5.74) is 0.793. The first kappa shape index (κ1) is 15.5. The monoisotopic (exact) mass is 290 g/mol. The van der Waals surface area contributed by atoms with Gasteiger partial charge in [-0.1, -0.05) is 18.2 Å². The number of esters is 1. The average molecular weight is 290 g/mol. The average Bonchev–Trinajstić information content (AvgIpc) is 2.48. The molecule has 114 valence electrons. The third kappa shape index (κ3) is 4.86. The Morgan fingerprint density at radius 2 is 2.10 bits per heavy atom. The summed E-state index contributed by atoms with van der Waals surface area (Å²) in [7, 11) is 0. The summed E-state index contributed by atoms with van der Waals surface area (Å²) in [6.07, 6.45) is 1.76. The van der Waals surface area contributed by atoms with Crippen molar-refractivity contribution in [3.63, 3.8) is 0 Å². The predicted molar refractivity (Wildman–Crippen MR) is 80.9 cm³/mol. The molecule has 1 N–H and O–H groups in total. The number of piperidine rings is 1. The molecule has 0 spiro atoms. The molecule has 1 saturated heterocycles. The van der Waals surface area contributed by atoms with Crippen LogP contribution in [0.2, 0.25) is 0 Å². The van der Waals surface area contributed by atoms with Crippen LogP contribution in [-0.4, -0.2) is 43.0 Å². The predicted octanol–water partition coefficient (Wildman–Crippen LogP) is 1.90. The number of carbonyl (C=O) groups is 2. The number of nitrogens with zero attached hydrogens (tertiary/aromatic N) is 1. The molecule has 5 nitrogen and oxygen atoms in total. The first-order valence-corrected chi connectivity index (χ1v) is 7.43. The fourth-order valence-electron chi connectivity index (χ4n) is 2.58. The molecule has 5 heteroatoms. The zero-order valence-electron chi connectivity index (χ0n) is 12.4. The number of hydrogen-bond acceptors (Lipinski definition) is 4. The minimum atomic E-state index is -0.148. The summed E-state index contributed by atoms with van der Waals surface area (Å²) in [5.74, 6) is -0.306. The second-order valence-corrected chi connectivity index (χ2v) is 5.24. The van der Waals surface area contributed by atoms with E-state index in [0.717, 1.165) is 25.1 Å². The van der Waals surface area contributed by atoms with E-state index in [4.69, 9.17) is 4.74 Å². The van der Waals surface area contributed by atoms with Gasteiger partial charge in [-0.25, -0.2) is 0 Å². The van der Waals surface area contributed by atoms with Crippen LogP contribution in [0.1, 0.15) is 19.8 Å². The molecular weight excluding hydrogens is 268 g/mol. The number of para-hydroxylation sites is 1. The standard InChI is InChI=1S/C16H22N2O3/c1-2-21-16(20)13-7-6-10-18(11-13)12-15(19)17-14-8-4-3-5-9-14/h3-5,8-9,13H,2,6-7,10-12H2,1H3,(H,17,19)/t13-/m0/s1. The van der Waals surface area contributed by atoms with Gasteiger partial charge in [-0.15, -0.1) is 0 Å². The van der Waals surface area contributed by atoms with Gasteiger partial charge >= 0.3 is 5.97 Å². The Morgan fingerprint density at radius 3 is 2.81 bits per heavy atom. The second-order valence-electron chi connectivity index (χ2n) is 5.24. The first-order valence-electron chi connectivity index (χ1n) is 7.43. The number of likely N-dealkylation sites (tertiary alicyclic amines) is 1. The fraction of sp³-hybridized carbons (Fsp3) is 0.500. The summed E-state index contributed by atoms with van der Waals surface area (Å²) in [6.45, 7) is 3.97. The molecule has 1 aliphatic rings. The Hall–Kier alpha value is -1.88.